The number of nitrogens with zero attached hydrogens (tertiary/aromatic N) is 1. The normalized spacial score (nSPS) is 15.3. The Morgan fingerprint density at radius 3 is 2.70 bits per heavy atom. The number of ether oxygens (including phenoxy) is 1. The van der Waals surface area contributed by atoms with Crippen LogP contribution in [0.1, 0.15) is 51.5 Å². The van der Waals surface area contributed by atoms with Gasteiger partial charge in [0, 0.05) is 19.0 Å². The highest BCUT2D eigenvalue weighted by Gasteiger charge is 2.25. The van der Waals surface area contributed by atoms with Crippen molar-refractivity contribution in [1.82, 2.24) is 4.90 Å². The lowest BCUT2D eigenvalue weighted by atomic mass is 10.1. The first-order chi connectivity index (χ1) is 9.74. The topological polar surface area (TPSA) is 29.5 Å². The fourth-order valence-corrected chi connectivity index (χ4v) is 2.94. The van der Waals surface area contributed by atoms with Gasteiger partial charge in [0.1, 0.15) is 5.75 Å². The van der Waals surface area contributed by atoms with E-state index in [1.54, 1.807) is 0 Å². The molecule has 0 atom stereocenters. The fraction of sp³-hybridized carbons (Fsp3) is 0.588. The van der Waals surface area contributed by atoms with E-state index in [1.807, 2.05) is 32.0 Å². The minimum Gasteiger partial charge on any atom is -0.494 e. The molecule has 1 aliphatic carbocycles. The van der Waals surface area contributed by atoms with Crippen LogP contribution in [0.25, 0.3) is 0 Å². The maximum Gasteiger partial charge on any atom is 0.222 e. The van der Waals surface area contributed by atoms with Gasteiger partial charge in [0.25, 0.3) is 0 Å². The average Bonchev–Trinajstić information content (AvgIpc) is 2.99. The molecule has 0 N–H and O–H groups in total. The lowest BCUT2D eigenvalue weighted by molar-refractivity contribution is -0.133. The number of hydrogen-bond acceptors (Lipinski definition) is 2. The minimum atomic E-state index is 0.263. The lowest BCUT2D eigenvalue weighted by Crippen LogP contribution is -2.37. The van der Waals surface area contributed by atoms with E-state index >= 15 is 0 Å². The van der Waals surface area contributed by atoms with Gasteiger partial charge in [0.2, 0.25) is 5.91 Å². The first kappa shape index (κ1) is 14.9. The van der Waals surface area contributed by atoms with Crippen LogP contribution < -0.4 is 4.74 Å². The predicted octanol–water partition coefficient (Wildman–Crippen LogP) is 3.77. The van der Waals surface area contributed by atoms with Gasteiger partial charge in [-0.2, -0.15) is 0 Å². The summed E-state index contributed by atoms with van der Waals surface area (Å²) in [5.41, 5.74) is 1.16. The number of benzene rings is 1. The van der Waals surface area contributed by atoms with Crippen LogP contribution >= 0.6 is 0 Å². The molecule has 2 rings (SSSR count). The van der Waals surface area contributed by atoms with E-state index < -0.39 is 0 Å². The average molecular weight is 275 g/mol. The molecule has 1 amide bonds. The molecule has 3 heteroatoms. The van der Waals surface area contributed by atoms with Crippen LogP contribution in [0, 0.1) is 0 Å². The SMILES string of the molecule is CCOc1cccc(CN(C(=O)CC)C2CCCC2)c1. The maximum absolute atomic E-state index is 12.2. The van der Waals surface area contributed by atoms with Crippen molar-refractivity contribution >= 4 is 5.91 Å². The molecular weight excluding hydrogens is 250 g/mol. The molecule has 1 fully saturated rings. The molecule has 0 unspecified atom stereocenters. The zero-order chi connectivity index (χ0) is 14.4. The summed E-state index contributed by atoms with van der Waals surface area (Å²) in [6.45, 7) is 5.31. The molecule has 3 nitrogen and oxygen atoms in total. The maximum atomic E-state index is 12.2. The van der Waals surface area contributed by atoms with E-state index in [2.05, 4.69) is 11.0 Å². The summed E-state index contributed by atoms with van der Waals surface area (Å²) in [6, 6.07) is 8.53. The summed E-state index contributed by atoms with van der Waals surface area (Å²) in [7, 11) is 0. The van der Waals surface area contributed by atoms with Crippen LogP contribution in [0.3, 0.4) is 0 Å². The lowest BCUT2D eigenvalue weighted by Gasteiger charge is -2.29. The second kappa shape index (κ2) is 7.32. The second-order valence-electron chi connectivity index (χ2n) is 5.39. The van der Waals surface area contributed by atoms with Crippen LogP contribution in [0.4, 0.5) is 0 Å². The molecule has 0 aliphatic heterocycles. The van der Waals surface area contributed by atoms with Gasteiger partial charge in [0.05, 0.1) is 6.61 Å². The van der Waals surface area contributed by atoms with E-state index in [9.17, 15) is 4.79 Å². The first-order valence-corrected chi connectivity index (χ1v) is 7.75. The Morgan fingerprint density at radius 1 is 1.30 bits per heavy atom. The second-order valence-corrected chi connectivity index (χ2v) is 5.39. The zero-order valence-electron chi connectivity index (χ0n) is 12.6. The third-order valence-corrected chi connectivity index (χ3v) is 3.95. The highest BCUT2D eigenvalue weighted by Crippen LogP contribution is 2.26. The predicted molar refractivity (Wildman–Crippen MR) is 80.7 cm³/mol. The quantitative estimate of drug-likeness (QED) is 0.791. The molecule has 0 heterocycles. The van der Waals surface area contributed by atoms with Crippen molar-refractivity contribution < 1.29 is 9.53 Å². The highest BCUT2D eigenvalue weighted by atomic mass is 16.5. The van der Waals surface area contributed by atoms with Gasteiger partial charge in [-0.05, 0) is 37.5 Å². The van der Waals surface area contributed by atoms with Crippen molar-refractivity contribution in [3.8, 4) is 5.75 Å². The fourth-order valence-electron chi connectivity index (χ4n) is 2.94. The van der Waals surface area contributed by atoms with Crippen LogP contribution in [0.15, 0.2) is 24.3 Å². The van der Waals surface area contributed by atoms with E-state index in [-0.39, 0.29) is 5.91 Å². The first-order valence-electron chi connectivity index (χ1n) is 7.75. The molecule has 0 bridgehead atoms. The Labute approximate surface area is 121 Å². The monoisotopic (exact) mass is 275 g/mol. The molecule has 110 valence electrons. The number of hydrogen-bond donors (Lipinski definition) is 0. The van der Waals surface area contributed by atoms with Crippen LogP contribution in [0.5, 0.6) is 5.75 Å². The van der Waals surface area contributed by atoms with Gasteiger partial charge in [-0.3, -0.25) is 4.79 Å². The third-order valence-electron chi connectivity index (χ3n) is 3.95. The third kappa shape index (κ3) is 3.75. The smallest absolute Gasteiger partial charge is 0.222 e. The van der Waals surface area contributed by atoms with Crippen molar-refractivity contribution in [3.05, 3.63) is 29.8 Å². The zero-order valence-corrected chi connectivity index (χ0v) is 12.6. The van der Waals surface area contributed by atoms with Gasteiger partial charge in [-0.1, -0.05) is 31.9 Å². The van der Waals surface area contributed by atoms with Gasteiger partial charge < -0.3 is 9.64 Å². The van der Waals surface area contributed by atoms with Crippen LogP contribution in [-0.4, -0.2) is 23.5 Å². The molecule has 20 heavy (non-hydrogen) atoms. The Kier molecular flexibility index (Phi) is 5.45. The minimum absolute atomic E-state index is 0.263. The van der Waals surface area contributed by atoms with E-state index in [4.69, 9.17) is 4.74 Å². The molecule has 0 spiro atoms. The summed E-state index contributed by atoms with van der Waals surface area (Å²) < 4.78 is 5.54. The van der Waals surface area contributed by atoms with Crippen molar-refractivity contribution in [1.29, 1.82) is 0 Å². The van der Waals surface area contributed by atoms with Crippen LogP contribution in [0.2, 0.25) is 0 Å². The summed E-state index contributed by atoms with van der Waals surface area (Å²) in [5, 5.41) is 0. The molecule has 1 aromatic carbocycles. The van der Waals surface area contributed by atoms with Gasteiger partial charge in [0.15, 0.2) is 0 Å². The molecule has 1 aliphatic rings. The van der Waals surface area contributed by atoms with E-state index in [0.29, 0.717) is 25.6 Å². The Hall–Kier alpha value is -1.51. The molecule has 0 saturated heterocycles. The summed E-state index contributed by atoms with van der Waals surface area (Å²) >= 11 is 0. The molecular formula is C17H25NO2. The Balaban J connectivity index is 2.10. The molecule has 1 aromatic rings. The summed E-state index contributed by atoms with van der Waals surface area (Å²) in [6.07, 6.45) is 5.38. The largest absolute Gasteiger partial charge is 0.494 e. The van der Waals surface area contributed by atoms with Gasteiger partial charge >= 0.3 is 0 Å². The van der Waals surface area contributed by atoms with Gasteiger partial charge in [-0.25, -0.2) is 0 Å². The standard InChI is InChI=1S/C17H25NO2/c1-3-17(19)18(15-9-5-6-10-15)13-14-8-7-11-16(12-14)20-4-2/h7-8,11-12,15H,3-6,9-10,13H2,1-2H3. The van der Waals surface area contributed by atoms with Crippen LogP contribution in [-0.2, 0) is 11.3 Å². The Morgan fingerprint density at radius 2 is 2.05 bits per heavy atom. The number of rotatable bonds is 6. The highest BCUT2D eigenvalue weighted by molar-refractivity contribution is 5.76. The van der Waals surface area contributed by atoms with Gasteiger partial charge in [-0.15, -0.1) is 0 Å². The number of carbonyl (C=O) groups excluding carboxylic acids is 1. The summed E-state index contributed by atoms with van der Waals surface area (Å²) in [4.78, 5) is 14.3. The van der Waals surface area contributed by atoms with Crippen molar-refractivity contribution in [3.63, 3.8) is 0 Å². The molecule has 0 radical (unpaired) electrons. The van der Waals surface area contributed by atoms with Crippen molar-refractivity contribution in [2.24, 2.45) is 0 Å². The molecule has 0 aromatic heterocycles. The number of amides is 1. The molecule has 1 saturated carbocycles. The van der Waals surface area contributed by atoms with Crippen molar-refractivity contribution in [2.45, 2.75) is 58.5 Å². The number of carbonyl (C=O) groups is 1. The Bertz CT molecular complexity index is 438. The summed E-state index contributed by atoms with van der Waals surface area (Å²) in [5.74, 6) is 1.15. The van der Waals surface area contributed by atoms with Crippen molar-refractivity contribution in [2.75, 3.05) is 6.61 Å². The van der Waals surface area contributed by atoms with E-state index in [0.717, 1.165) is 24.2 Å². The van der Waals surface area contributed by atoms with E-state index in [1.165, 1.54) is 12.8 Å².